The normalized spacial score (nSPS) is 28.0. The lowest BCUT2D eigenvalue weighted by Gasteiger charge is -2.52. The summed E-state index contributed by atoms with van der Waals surface area (Å²) in [5, 5.41) is 6.68. The topological polar surface area (TPSA) is 77.8 Å². The molecule has 1 fully saturated rings. The molecule has 0 aromatic carbocycles. The van der Waals surface area contributed by atoms with Crippen LogP contribution in [-0.4, -0.2) is 67.3 Å². The Bertz CT molecular complexity index is 306. The number of hydrogen-bond donors (Lipinski definition) is 3. The first kappa shape index (κ1) is 20.0. The van der Waals surface area contributed by atoms with Crippen LogP contribution in [0, 0.1) is 0 Å². The SMILES string of the molecule is CCCC1(OC)C(NCCNCCN)CCC[Si]1(OC)OC. The molecule has 0 bridgehead atoms. The van der Waals surface area contributed by atoms with Gasteiger partial charge in [0.2, 0.25) is 0 Å². The van der Waals surface area contributed by atoms with Gasteiger partial charge in [-0.1, -0.05) is 13.3 Å². The van der Waals surface area contributed by atoms with E-state index in [0.717, 1.165) is 51.4 Å². The highest BCUT2D eigenvalue weighted by Gasteiger charge is 2.62. The summed E-state index contributed by atoms with van der Waals surface area (Å²) in [6, 6.07) is 1.27. The highest BCUT2D eigenvalue weighted by molar-refractivity contribution is 6.71. The third-order valence-corrected chi connectivity index (χ3v) is 9.29. The van der Waals surface area contributed by atoms with E-state index in [9.17, 15) is 0 Å². The van der Waals surface area contributed by atoms with Gasteiger partial charge in [0.1, 0.15) is 5.22 Å². The molecule has 132 valence electrons. The van der Waals surface area contributed by atoms with Crippen LogP contribution in [0.4, 0.5) is 0 Å². The molecule has 1 saturated heterocycles. The van der Waals surface area contributed by atoms with Gasteiger partial charge in [0.05, 0.1) is 0 Å². The van der Waals surface area contributed by atoms with Gasteiger partial charge in [0, 0.05) is 53.6 Å². The van der Waals surface area contributed by atoms with E-state index in [-0.39, 0.29) is 11.3 Å². The number of nitrogens with one attached hydrogen (secondary N) is 2. The molecule has 22 heavy (non-hydrogen) atoms. The highest BCUT2D eigenvalue weighted by Crippen LogP contribution is 2.42. The van der Waals surface area contributed by atoms with Gasteiger partial charge in [0.25, 0.3) is 0 Å². The molecule has 1 heterocycles. The summed E-state index contributed by atoms with van der Waals surface area (Å²) in [4.78, 5) is 0. The minimum atomic E-state index is -2.39. The van der Waals surface area contributed by atoms with Crippen LogP contribution in [0.2, 0.25) is 6.04 Å². The van der Waals surface area contributed by atoms with Crippen LogP contribution in [-0.2, 0) is 13.6 Å². The molecule has 0 aromatic rings. The van der Waals surface area contributed by atoms with Crippen LogP contribution in [0.5, 0.6) is 0 Å². The second kappa shape index (κ2) is 9.97. The van der Waals surface area contributed by atoms with E-state index >= 15 is 0 Å². The number of ether oxygens (including phenoxy) is 1. The van der Waals surface area contributed by atoms with Crippen molar-refractivity contribution in [2.45, 2.75) is 49.9 Å². The summed E-state index contributed by atoms with van der Waals surface area (Å²) < 4.78 is 18.1. The monoisotopic (exact) mass is 333 g/mol. The molecule has 6 nitrogen and oxygen atoms in total. The maximum atomic E-state index is 6.12. The average molecular weight is 334 g/mol. The lowest BCUT2D eigenvalue weighted by molar-refractivity contribution is -0.0371. The third kappa shape index (κ3) is 4.08. The van der Waals surface area contributed by atoms with E-state index < -0.39 is 8.56 Å². The van der Waals surface area contributed by atoms with Crippen molar-refractivity contribution in [1.82, 2.24) is 10.6 Å². The fourth-order valence-corrected chi connectivity index (χ4v) is 7.92. The van der Waals surface area contributed by atoms with Crippen molar-refractivity contribution in [2.75, 3.05) is 47.5 Å². The van der Waals surface area contributed by atoms with Gasteiger partial charge < -0.3 is 30.0 Å². The van der Waals surface area contributed by atoms with E-state index in [4.69, 9.17) is 19.3 Å². The van der Waals surface area contributed by atoms with Crippen LogP contribution in [0.15, 0.2) is 0 Å². The number of rotatable bonds is 11. The van der Waals surface area contributed by atoms with Crippen molar-refractivity contribution in [3.8, 4) is 0 Å². The lowest BCUT2D eigenvalue weighted by Crippen LogP contribution is -2.73. The summed E-state index contributed by atoms with van der Waals surface area (Å²) in [7, 11) is 2.98. The molecule has 0 aromatic heterocycles. The molecule has 2 unspecified atom stereocenters. The first-order valence-corrected chi connectivity index (χ1v) is 10.5. The zero-order chi connectivity index (χ0) is 16.5. The molecule has 2 atom stereocenters. The molecule has 1 aliphatic heterocycles. The summed E-state index contributed by atoms with van der Waals surface area (Å²) in [6.45, 7) is 5.53. The van der Waals surface area contributed by atoms with Crippen LogP contribution in [0.25, 0.3) is 0 Å². The molecular formula is C15H35N3O3Si. The molecule has 1 rings (SSSR count). The van der Waals surface area contributed by atoms with Crippen molar-refractivity contribution >= 4 is 8.56 Å². The summed E-state index contributed by atoms with van der Waals surface area (Å²) in [5.74, 6) is 0. The van der Waals surface area contributed by atoms with Gasteiger partial charge in [0.15, 0.2) is 0 Å². The molecule has 1 aliphatic rings. The largest absolute Gasteiger partial charge is 0.396 e. The predicted molar refractivity (Wildman–Crippen MR) is 92.2 cm³/mol. The standard InChI is InChI=1S/C15H35N3O3Si/c1-5-8-15(19-2)14(18-12-11-17-10-9-16)7-6-13-22(15,20-3)21-4/h14,17-18H,5-13,16H2,1-4H3. The van der Waals surface area contributed by atoms with Crippen molar-refractivity contribution in [2.24, 2.45) is 5.73 Å². The summed E-state index contributed by atoms with van der Waals surface area (Å²) >= 11 is 0. The lowest BCUT2D eigenvalue weighted by atomic mass is 9.99. The van der Waals surface area contributed by atoms with Gasteiger partial charge >= 0.3 is 8.56 Å². The molecule has 0 spiro atoms. The van der Waals surface area contributed by atoms with Crippen LogP contribution >= 0.6 is 0 Å². The number of hydrogen-bond acceptors (Lipinski definition) is 6. The van der Waals surface area contributed by atoms with Crippen molar-refractivity contribution in [3.63, 3.8) is 0 Å². The van der Waals surface area contributed by atoms with Crippen LogP contribution < -0.4 is 16.4 Å². The molecule has 0 amide bonds. The zero-order valence-electron chi connectivity index (χ0n) is 14.7. The fourth-order valence-electron chi connectivity index (χ4n) is 3.85. The van der Waals surface area contributed by atoms with Gasteiger partial charge in [-0.25, -0.2) is 0 Å². The molecule has 7 heteroatoms. The Labute approximate surface area is 136 Å². The van der Waals surface area contributed by atoms with Crippen molar-refractivity contribution in [3.05, 3.63) is 0 Å². The second-order valence-electron chi connectivity index (χ2n) is 5.94. The summed E-state index contributed by atoms with van der Waals surface area (Å²) in [6.07, 6.45) is 4.24. The molecule has 0 aliphatic carbocycles. The van der Waals surface area contributed by atoms with E-state index in [1.807, 2.05) is 7.11 Å². The first-order chi connectivity index (χ1) is 10.7. The molecule has 0 saturated carbocycles. The number of methoxy groups -OCH3 is 1. The predicted octanol–water partition coefficient (Wildman–Crippen LogP) is 0.746. The smallest absolute Gasteiger partial charge is 0.372 e. The van der Waals surface area contributed by atoms with Crippen molar-refractivity contribution in [1.29, 1.82) is 0 Å². The third-order valence-electron chi connectivity index (χ3n) is 4.87. The fraction of sp³-hybridized carbons (Fsp3) is 1.00. The number of nitrogens with two attached hydrogens (primary N) is 1. The Kier molecular flexibility index (Phi) is 9.07. The van der Waals surface area contributed by atoms with Crippen LogP contribution in [0.3, 0.4) is 0 Å². The molecule has 0 radical (unpaired) electrons. The van der Waals surface area contributed by atoms with Crippen LogP contribution in [0.1, 0.15) is 32.6 Å². The quantitative estimate of drug-likeness (QED) is 0.382. The van der Waals surface area contributed by atoms with E-state index in [1.54, 1.807) is 14.2 Å². The molecular weight excluding hydrogens is 298 g/mol. The van der Waals surface area contributed by atoms with E-state index in [1.165, 1.54) is 0 Å². The Morgan fingerprint density at radius 2 is 1.91 bits per heavy atom. The second-order valence-corrected chi connectivity index (χ2v) is 9.61. The summed E-state index contributed by atoms with van der Waals surface area (Å²) in [5.41, 5.74) is 5.50. The Morgan fingerprint density at radius 1 is 1.18 bits per heavy atom. The minimum Gasteiger partial charge on any atom is -0.396 e. The highest BCUT2D eigenvalue weighted by atomic mass is 28.4. The van der Waals surface area contributed by atoms with Gasteiger partial charge in [-0.3, -0.25) is 0 Å². The van der Waals surface area contributed by atoms with Gasteiger partial charge in [-0.05, 0) is 25.3 Å². The minimum absolute atomic E-state index is 0.275. The Hall–Kier alpha value is -0.0231. The first-order valence-electron chi connectivity index (χ1n) is 8.46. The average Bonchev–Trinajstić information content (AvgIpc) is 2.55. The maximum Gasteiger partial charge on any atom is 0.372 e. The van der Waals surface area contributed by atoms with Crippen molar-refractivity contribution < 1.29 is 13.6 Å². The van der Waals surface area contributed by atoms with Gasteiger partial charge in [-0.2, -0.15) is 0 Å². The maximum absolute atomic E-state index is 6.12. The van der Waals surface area contributed by atoms with E-state index in [0.29, 0.717) is 6.54 Å². The Morgan fingerprint density at radius 3 is 2.45 bits per heavy atom. The zero-order valence-corrected chi connectivity index (χ0v) is 15.7. The Balaban J connectivity index is 2.82. The van der Waals surface area contributed by atoms with E-state index in [2.05, 4.69) is 17.6 Å². The molecule has 4 N–H and O–H groups in total. The van der Waals surface area contributed by atoms with Gasteiger partial charge in [-0.15, -0.1) is 0 Å².